The smallest absolute Gasteiger partial charge is 0.141 e. The summed E-state index contributed by atoms with van der Waals surface area (Å²) in [4.78, 5) is 4.52. The summed E-state index contributed by atoms with van der Waals surface area (Å²) in [7, 11) is 0. The molecule has 3 nitrogen and oxygen atoms in total. The summed E-state index contributed by atoms with van der Waals surface area (Å²) in [6.07, 6.45) is 2.00. The van der Waals surface area contributed by atoms with Crippen LogP contribution in [0.15, 0.2) is 42.6 Å². The van der Waals surface area contributed by atoms with Crippen molar-refractivity contribution < 1.29 is 4.39 Å². The first-order valence-electron chi connectivity index (χ1n) is 6.72. The van der Waals surface area contributed by atoms with Gasteiger partial charge in [0, 0.05) is 19.3 Å². The van der Waals surface area contributed by atoms with Crippen molar-refractivity contribution in [3.63, 3.8) is 0 Å². The van der Waals surface area contributed by atoms with Crippen LogP contribution < -0.4 is 5.32 Å². The molecule has 0 atom stereocenters. The van der Waals surface area contributed by atoms with Crippen molar-refractivity contribution in [1.82, 2.24) is 14.7 Å². The predicted octanol–water partition coefficient (Wildman–Crippen LogP) is 3.73. The minimum absolute atomic E-state index is 0.153. The van der Waals surface area contributed by atoms with Crippen LogP contribution in [0.1, 0.15) is 17.0 Å². The molecule has 3 aromatic rings. The fourth-order valence-electron chi connectivity index (χ4n) is 2.35. The molecule has 0 bridgehead atoms. The number of pyridine rings is 1. The van der Waals surface area contributed by atoms with Crippen molar-refractivity contribution in [3.8, 4) is 0 Å². The molecule has 108 valence electrons. The Morgan fingerprint density at radius 1 is 1.24 bits per heavy atom. The van der Waals surface area contributed by atoms with Crippen molar-refractivity contribution in [2.45, 2.75) is 20.0 Å². The molecule has 1 aromatic carbocycles. The number of benzene rings is 1. The quantitative estimate of drug-likeness (QED) is 0.796. The Morgan fingerprint density at radius 3 is 2.90 bits per heavy atom. The fraction of sp³-hybridized carbons (Fsp3) is 0.188. The van der Waals surface area contributed by atoms with E-state index in [2.05, 4.69) is 14.7 Å². The highest BCUT2D eigenvalue weighted by Gasteiger charge is 2.07. The molecule has 0 aliphatic rings. The average molecular weight is 304 g/mol. The number of imidazole rings is 1. The number of aromatic nitrogens is 2. The van der Waals surface area contributed by atoms with Gasteiger partial charge in [-0.25, -0.2) is 9.37 Å². The van der Waals surface area contributed by atoms with Crippen LogP contribution >= 0.6 is 11.6 Å². The van der Waals surface area contributed by atoms with Gasteiger partial charge in [-0.05, 0) is 36.8 Å². The number of hydrogen-bond acceptors (Lipinski definition) is 2. The lowest BCUT2D eigenvalue weighted by Gasteiger charge is -2.07. The third-order valence-corrected chi connectivity index (χ3v) is 3.72. The summed E-state index contributed by atoms with van der Waals surface area (Å²) in [5, 5.41) is 3.49. The summed E-state index contributed by atoms with van der Waals surface area (Å²) >= 11 is 5.78. The third-order valence-electron chi connectivity index (χ3n) is 3.43. The third kappa shape index (κ3) is 2.91. The topological polar surface area (TPSA) is 29.3 Å². The maximum Gasteiger partial charge on any atom is 0.141 e. The monoisotopic (exact) mass is 303 g/mol. The molecule has 0 unspecified atom stereocenters. The van der Waals surface area contributed by atoms with Gasteiger partial charge in [-0.3, -0.25) is 0 Å². The van der Waals surface area contributed by atoms with Gasteiger partial charge in [0.05, 0.1) is 16.4 Å². The summed E-state index contributed by atoms with van der Waals surface area (Å²) in [6, 6.07) is 10.7. The number of fused-ring (bicyclic) bond motifs is 1. The van der Waals surface area contributed by atoms with E-state index in [1.54, 1.807) is 12.1 Å². The summed E-state index contributed by atoms with van der Waals surface area (Å²) in [6.45, 7) is 3.31. The maximum absolute atomic E-state index is 13.1. The number of halogens is 2. The first kappa shape index (κ1) is 14.0. The van der Waals surface area contributed by atoms with Gasteiger partial charge in [-0.1, -0.05) is 23.7 Å². The first-order valence-corrected chi connectivity index (χ1v) is 7.10. The van der Waals surface area contributed by atoms with Crippen molar-refractivity contribution in [3.05, 3.63) is 70.4 Å². The van der Waals surface area contributed by atoms with Crippen LogP contribution in [-0.4, -0.2) is 9.38 Å². The summed E-state index contributed by atoms with van der Waals surface area (Å²) in [5.41, 5.74) is 4.02. The highest BCUT2D eigenvalue weighted by molar-refractivity contribution is 6.30. The highest BCUT2D eigenvalue weighted by atomic mass is 35.5. The van der Waals surface area contributed by atoms with E-state index >= 15 is 0 Å². The molecule has 21 heavy (non-hydrogen) atoms. The van der Waals surface area contributed by atoms with Crippen LogP contribution in [0, 0.1) is 12.7 Å². The molecule has 0 saturated carbocycles. The summed E-state index contributed by atoms with van der Waals surface area (Å²) in [5.74, 6) is -0.391. The van der Waals surface area contributed by atoms with E-state index < -0.39 is 5.82 Å². The van der Waals surface area contributed by atoms with Crippen LogP contribution in [0.5, 0.6) is 0 Å². The molecule has 3 rings (SSSR count). The van der Waals surface area contributed by atoms with Gasteiger partial charge in [0.2, 0.25) is 0 Å². The summed E-state index contributed by atoms with van der Waals surface area (Å²) < 4.78 is 15.2. The largest absolute Gasteiger partial charge is 0.307 e. The van der Waals surface area contributed by atoms with Gasteiger partial charge in [-0.2, -0.15) is 0 Å². The first-order chi connectivity index (χ1) is 10.1. The zero-order chi connectivity index (χ0) is 14.8. The van der Waals surface area contributed by atoms with Crippen molar-refractivity contribution in [1.29, 1.82) is 0 Å². The Bertz CT molecular complexity index is 782. The lowest BCUT2D eigenvalue weighted by atomic mass is 10.2. The van der Waals surface area contributed by atoms with Crippen LogP contribution in [0.2, 0.25) is 5.02 Å². The Balaban J connectivity index is 1.72. The Morgan fingerprint density at radius 2 is 2.10 bits per heavy atom. The van der Waals surface area contributed by atoms with Gasteiger partial charge < -0.3 is 9.72 Å². The second kappa shape index (κ2) is 5.84. The molecule has 2 heterocycles. The van der Waals surface area contributed by atoms with Crippen LogP contribution in [0.4, 0.5) is 4.39 Å². The molecule has 1 N–H and O–H groups in total. The Kier molecular flexibility index (Phi) is 3.90. The second-order valence-electron chi connectivity index (χ2n) is 4.92. The lowest BCUT2D eigenvalue weighted by molar-refractivity contribution is 0.624. The Labute approximate surface area is 127 Å². The lowest BCUT2D eigenvalue weighted by Crippen LogP contribution is -2.15. The number of nitrogens with zero attached hydrogens (tertiary/aromatic N) is 2. The van der Waals surface area contributed by atoms with Crippen LogP contribution in [-0.2, 0) is 13.1 Å². The normalized spacial score (nSPS) is 11.2. The highest BCUT2D eigenvalue weighted by Crippen LogP contribution is 2.16. The zero-order valence-corrected chi connectivity index (χ0v) is 12.4. The van der Waals surface area contributed by atoms with Crippen LogP contribution in [0.3, 0.4) is 0 Å². The van der Waals surface area contributed by atoms with Crippen molar-refractivity contribution >= 4 is 17.2 Å². The molecule has 0 radical (unpaired) electrons. The van der Waals surface area contributed by atoms with E-state index in [1.165, 1.54) is 6.07 Å². The SMILES string of the molecule is Cc1nc2ccccn2c1CNCc1ccc(F)c(Cl)c1. The zero-order valence-electron chi connectivity index (χ0n) is 11.6. The molecular formula is C16H15ClFN3. The molecule has 0 amide bonds. The van der Waals surface area contributed by atoms with E-state index in [4.69, 9.17) is 11.6 Å². The minimum atomic E-state index is -0.391. The standard InChI is InChI=1S/C16H15ClFN3/c1-11-15(21-7-3-2-4-16(21)20-11)10-19-9-12-5-6-14(18)13(17)8-12/h2-8,19H,9-10H2,1H3. The van der Waals surface area contributed by atoms with E-state index in [-0.39, 0.29) is 5.02 Å². The number of hydrogen-bond donors (Lipinski definition) is 1. The molecule has 5 heteroatoms. The van der Waals surface area contributed by atoms with Gasteiger partial charge in [0.1, 0.15) is 11.5 Å². The van der Waals surface area contributed by atoms with E-state index in [9.17, 15) is 4.39 Å². The predicted molar refractivity (Wildman–Crippen MR) is 81.9 cm³/mol. The molecule has 2 aromatic heterocycles. The second-order valence-corrected chi connectivity index (χ2v) is 5.33. The van der Waals surface area contributed by atoms with Crippen molar-refractivity contribution in [2.75, 3.05) is 0 Å². The van der Waals surface area contributed by atoms with Gasteiger partial charge >= 0.3 is 0 Å². The Hall–Kier alpha value is -1.91. The van der Waals surface area contributed by atoms with E-state index in [0.29, 0.717) is 13.1 Å². The van der Waals surface area contributed by atoms with E-state index in [0.717, 1.165) is 22.6 Å². The number of aryl methyl sites for hydroxylation is 1. The van der Waals surface area contributed by atoms with E-state index in [1.807, 2.05) is 31.3 Å². The molecule has 0 saturated heterocycles. The molecule has 0 aliphatic carbocycles. The van der Waals surface area contributed by atoms with Crippen LogP contribution in [0.25, 0.3) is 5.65 Å². The fourth-order valence-corrected chi connectivity index (χ4v) is 2.56. The number of nitrogens with one attached hydrogen (secondary N) is 1. The molecule has 0 fully saturated rings. The molecule has 0 spiro atoms. The number of rotatable bonds is 4. The minimum Gasteiger partial charge on any atom is -0.307 e. The molecular weight excluding hydrogens is 289 g/mol. The van der Waals surface area contributed by atoms with Gasteiger partial charge in [-0.15, -0.1) is 0 Å². The molecule has 0 aliphatic heterocycles. The van der Waals surface area contributed by atoms with Gasteiger partial charge in [0.15, 0.2) is 0 Å². The van der Waals surface area contributed by atoms with Crippen molar-refractivity contribution in [2.24, 2.45) is 0 Å². The average Bonchev–Trinajstić information content (AvgIpc) is 2.79. The maximum atomic E-state index is 13.1. The van der Waals surface area contributed by atoms with Gasteiger partial charge in [0.25, 0.3) is 0 Å².